The molecule has 0 saturated heterocycles. The van der Waals surface area contributed by atoms with E-state index in [9.17, 15) is 0 Å². The number of nitrogens with one attached hydrogen (secondary N) is 1. The van der Waals surface area contributed by atoms with Gasteiger partial charge < -0.3 is 0 Å². The number of hydrogen-bond acceptors (Lipinski definition) is 2. The predicted octanol–water partition coefficient (Wildman–Crippen LogP) is -0.514. The Morgan fingerprint density at radius 2 is 2.33 bits per heavy atom. The second kappa shape index (κ2) is 3.56. The Hall–Kier alpha value is 0.374. The molecule has 2 nitrogen and oxygen atoms in total. The number of ether oxygens (including phenoxy) is 1. The molecule has 0 amide bonds. The molecule has 0 bridgehead atoms. The van der Waals surface area contributed by atoms with Crippen LogP contribution in [0, 0.1) is 0 Å². The summed E-state index contributed by atoms with van der Waals surface area (Å²) < 4.78 is 5.46. The first-order valence-electron chi connectivity index (χ1n) is 1.59. The van der Waals surface area contributed by atoms with Crippen molar-refractivity contribution in [1.29, 1.82) is 0 Å². The fourth-order valence-corrected chi connectivity index (χ4v) is 0.102. The fourth-order valence-electron chi connectivity index (χ4n) is 0.102. The van der Waals surface area contributed by atoms with Gasteiger partial charge in [0.25, 0.3) is 0 Å². The van der Waals surface area contributed by atoms with Gasteiger partial charge in [-0.15, -0.1) is 0 Å². The summed E-state index contributed by atoms with van der Waals surface area (Å²) in [6.07, 6.45) is 0. The Bertz CT molecular complexity index is 48.8. The molecule has 0 heterocycles. The quantitative estimate of drug-likeness (QED) is 0.535. The van der Waals surface area contributed by atoms with Gasteiger partial charge in [-0.25, -0.2) is 0 Å². The predicted molar refractivity (Wildman–Crippen MR) is 21.1 cm³/mol. The Labute approximate surface area is 46.4 Å². The summed E-state index contributed by atoms with van der Waals surface area (Å²) >= 11 is 2.26. The summed E-state index contributed by atoms with van der Waals surface area (Å²) in [5, 5.41) is 2.78. The first-order valence-corrected chi connectivity index (χ1v) is 2.28. The summed E-state index contributed by atoms with van der Waals surface area (Å²) in [7, 11) is 3.42. The van der Waals surface area contributed by atoms with Crippen LogP contribution in [0.15, 0.2) is 0 Å². The summed E-state index contributed by atoms with van der Waals surface area (Å²) in [4.78, 5) is 0. The topological polar surface area (TPSA) is 21.3 Å². The Balaban J connectivity index is 2.99. The molecule has 3 heteroatoms. The van der Waals surface area contributed by atoms with Crippen LogP contribution in [0.4, 0.5) is 0 Å². The van der Waals surface area contributed by atoms with Crippen molar-refractivity contribution in [2.75, 3.05) is 14.2 Å². The minimum absolute atomic E-state index is 0.780. The van der Waals surface area contributed by atoms with Crippen LogP contribution in [0.25, 0.3) is 0 Å². The van der Waals surface area contributed by atoms with Crippen molar-refractivity contribution in [3.05, 3.63) is 0 Å². The van der Waals surface area contributed by atoms with Gasteiger partial charge >= 0.3 is 45.7 Å². The van der Waals surface area contributed by atoms with Crippen molar-refractivity contribution in [2.45, 2.75) is 0 Å². The molecule has 0 radical (unpaired) electrons. The molecule has 0 aromatic rings. The molecular weight excluding hydrogens is 117 g/mol. The van der Waals surface area contributed by atoms with Crippen LogP contribution in [-0.2, 0) is 21.7 Å². The zero-order chi connectivity index (χ0) is 4.99. The van der Waals surface area contributed by atoms with E-state index in [0.29, 0.717) is 0 Å². The molecule has 0 rings (SSSR count). The summed E-state index contributed by atoms with van der Waals surface area (Å²) in [6.45, 7) is 0. The van der Waals surface area contributed by atoms with Crippen LogP contribution in [0.3, 0.4) is 0 Å². The molecule has 0 saturated carbocycles. The van der Waals surface area contributed by atoms with Gasteiger partial charge in [0, 0.05) is 0 Å². The molecule has 0 spiro atoms. The van der Waals surface area contributed by atoms with E-state index in [2.05, 4.69) is 27.0 Å². The molecule has 0 atom stereocenters. The zero-order valence-corrected chi connectivity index (χ0v) is 5.25. The van der Waals surface area contributed by atoms with Gasteiger partial charge in [0.2, 0.25) is 0 Å². The van der Waals surface area contributed by atoms with Crippen molar-refractivity contribution < 1.29 is 21.7 Å². The zero-order valence-electron chi connectivity index (χ0n) is 3.86. The Morgan fingerprint density at radius 3 is 2.33 bits per heavy atom. The van der Waals surface area contributed by atoms with Crippen LogP contribution in [0.5, 0.6) is 0 Å². The van der Waals surface area contributed by atoms with Gasteiger partial charge in [0.1, 0.15) is 0 Å². The van der Waals surface area contributed by atoms with E-state index in [-0.39, 0.29) is 0 Å². The average molecular weight is 124 g/mol. The molecular formula is C3H7NOV. The number of hydrogen-bond donors (Lipinski definition) is 1. The molecule has 6 heavy (non-hydrogen) atoms. The third-order valence-corrected chi connectivity index (χ3v) is 1.04. The molecule has 0 aliphatic heterocycles. The summed E-state index contributed by atoms with van der Waals surface area (Å²) in [6, 6.07) is 0. The monoisotopic (exact) mass is 124 g/mol. The van der Waals surface area contributed by atoms with Gasteiger partial charge in [-0.05, 0) is 0 Å². The summed E-state index contributed by atoms with van der Waals surface area (Å²) in [5.41, 5.74) is 0. The van der Waals surface area contributed by atoms with Gasteiger partial charge in [-0.3, -0.25) is 0 Å². The molecule has 0 aliphatic carbocycles. The van der Waals surface area contributed by atoms with E-state index in [0.717, 1.165) is 4.54 Å². The maximum atomic E-state index is 4.68. The molecule has 0 unspecified atom stereocenters. The van der Waals surface area contributed by atoms with E-state index in [4.69, 9.17) is 0 Å². The minimum atomic E-state index is 0.780. The van der Waals surface area contributed by atoms with Gasteiger partial charge in [0.05, 0.1) is 0 Å². The van der Waals surface area contributed by atoms with E-state index < -0.39 is 0 Å². The van der Waals surface area contributed by atoms with Crippen molar-refractivity contribution in [2.24, 2.45) is 0 Å². The van der Waals surface area contributed by atoms with Crippen LogP contribution in [0.2, 0.25) is 0 Å². The maximum absolute atomic E-state index is 4.68. The van der Waals surface area contributed by atoms with E-state index >= 15 is 0 Å². The molecule has 0 fully saturated rings. The number of methoxy groups -OCH3 is 1. The van der Waals surface area contributed by atoms with E-state index in [1.165, 1.54) is 0 Å². The van der Waals surface area contributed by atoms with Crippen LogP contribution in [-0.4, -0.2) is 18.7 Å². The van der Waals surface area contributed by atoms with Gasteiger partial charge in [-0.1, -0.05) is 0 Å². The van der Waals surface area contributed by atoms with Crippen LogP contribution in [0.1, 0.15) is 0 Å². The first-order chi connectivity index (χ1) is 2.81. The fraction of sp³-hybridized carbons (Fsp3) is 0.667. The normalized spacial score (nSPS) is 8.17. The van der Waals surface area contributed by atoms with Gasteiger partial charge in [0.15, 0.2) is 0 Å². The summed E-state index contributed by atoms with van der Waals surface area (Å²) in [5.74, 6) is 0. The molecule has 0 aromatic heterocycles. The van der Waals surface area contributed by atoms with E-state index in [1.54, 1.807) is 14.2 Å². The SMILES string of the molecule is CN[C](=[V])OC. The van der Waals surface area contributed by atoms with Crippen molar-refractivity contribution >= 4 is 4.54 Å². The number of rotatable bonds is 2. The molecule has 1 N–H and O–H groups in total. The molecule has 35 valence electrons. The third kappa shape index (κ3) is 2.60. The van der Waals surface area contributed by atoms with E-state index in [1.807, 2.05) is 0 Å². The second-order valence-corrected chi connectivity index (χ2v) is 1.39. The van der Waals surface area contributed by atoms with Crippen LogP contribution >= 0.6 is 0 Å². The standard InChI is InChI=1S/C3H7NO.V/c1-4-3-5-2;/h4H,1-2H3;. The van der Waals surface area contributed by atoms with Crippen molar-refractivity contribution in [3.63, 3.8) is 0 Å². The van der Waals surface area contributed by atoms with Crippen LogP contribution < -0.4 is 5.32 Å². The third-order valence-electron chi connectivity index (χ3n) is 0.407. The van der Waals surface area contributed by atoms with Crippen molar-refractivity contribution in [1.82, 2.24) is 5.32 Å². The molecule has 0 aromatic carbocycles. The van der Waals surface area contributed by atoms with Crippen molar-refractivity contribution in [3.8, 4) is 0 Å². The Morgan fingerprint density at radius 1 is 1.83 bits per heavy atom. The molecule has 0 aliphatic rings. The first kappa shape index (κ1) is 6.37. The van der Waals surface area contributed by atoms with Gasteiger partial charge in [-0.2, -0.15) is 0 Å². The average Bonchev–Trinajstić information content (AvgIpc) is 1.65. The second-order valence-electron chi connectivity index (χ2n) is 0.759. The Kier molecular flexibility index (Phi) is 3.78.